The predicted molar refractivity (Wildman–Crippen MR) is 63.4 cm³/mol. The van der Waals surface area contributed by atoms with Crippen LogP contribution in [0.3, 0.4) is 0 Å². The molecule has 0 fully saturated rings. The molecule has 0 spiro atoms. The van der Waals surface area contributed by atoms with Gasteiger partial charge in [-0.2, -0.15) is 0 Å². The number of ether oxygens (including phenoxy) is 2. The molecule has 0 saturated heterocycles. The Labute approximate surface area is 106 Å². The van der Waals surface area contributed by atoms with Crippen molar-refractivity contribution < 1.29 is 29.3 Å². The van der Waals surface area contributed by atoms with Crippen molar-refractivity contribution in [3.05, 3.63) is 11.7 Å². The van der Waals surface area contributed by atoms with Crippen LogP contribution in [-0.2, 0) is 19.1 Å². The number of esters is 2. The summed E-state index contributed by atoms with van der Waals surface area (Å²) < 4.78 is 9.48. The van der Waals surface area contributed by atoms with Gasteiger partial charge in [-0.15, -0.1) is 0 Å². The number of aliphatic hydroxyl groups excluding tert-OH is 2. The number of allylic oxidation sites excluding steroid dienone is 1. The second-order valence-corrected chi connectivity index (χ2v) is 3.56. The standard InChI is InChI=1S/C12H20O6/c1-3-10(14)17-9(7-5-6-8-13)12(16)18-11(15)4-2/h13,16H,3-8H2,1-2H3/b12-9-. The van der Waals surface area contributed by atoms with Gasteiger partial charge in [0.05, 0.1) is 0 Å². The molecule has 0 amide bonds. The zero-order valence-electron chi connectivity index (χ0n) is 10.8. The van der Waals surface area contributed by atoms with E-state index in [1.54, 1.807) is 13.8 Å². The Balaban J connectivity index is 4.63. The van der Waals surface area contributed by atoms with E-state index in [1.807, 2.05) is 0 Å². The Hall–Kier alpha value is -1.56. The summed E-state index contributed by atoms with van der Waals surface area (Å²) in [6, 6.07) is 0. The first-order valence-corrected chi connectivity index (χ1v) is 5.99. The van der Waals surface area contributed by atoms with Crippen LogP contribution in [-0.4, -0.2) is 28.8 Å². The largest absolute Gasteiger partial charge is 0.478 e. The molecule has 0 aliphatic carbocycles. The summed E-state index contributed by atoms with van der Waals surface area (Å²) in [5.74, 6) is -1.88. The number of unbranched alkanes of at least 4 members (excludes halogenated alkanes) is 1. The third-order valence-corrected chi connectivity index (χ3v) is 2.08. The topological polar surface area (TPSA) is 93.1 Å². The first-order valence-electron chi connectivity index (χ1n) is 5.99. The lowest BCUT2D eigenvalue weighted by Gasteiger charge is -2.10. The van der Waals surface area contributed by atoms with Crippen molar-refractivity contribution in [2.24, 2.45) is 0 Å². The quantitative estimate of drug-likeness (QED) is 0.392. The molecule has 0 heterocycles. The molecule has 0 unspecified atom stereocenters. The fraction of sp³-hybridized carbons (Fsp3) is 0.667. The van der Waals surface area contributed by atoms with Crippen molar-refractivity contribution in [2.45, 2.75) is 46.0 Å². The third-order valence-electron chi connectivity index (χ3n) is 2.08. The molecule has 0 aromatic rings. The second-order valence-electron chi connectivity index (χ2n) is 3.56. The summed E-state index contributed by atoms with van der Waals surface area (Å²) in [7, 11) is 0. The Morgan fingerprint density at radius 2 is 1.56 bits per heavy atom. The van der Waals surface area contributed by atoms with Gasteiger partial charge in [0.2, 0.25) is 0 Å². The number of hydrogen-bond donors (Lipinski definition) is 2. The summed E-state index contributed by atoms with van der Waals surface area (Å²) in [5, 5.41) is 18.2. The number of hydrogen-bond acceptors (Lipinski definition) is 6. The molecule has 0 atom stereocenters. The van der Waals surface area contributed by atoms with Crippen LogP contribution in [0.4, 0.5) is 0 Å². The van der Waals surface area contributed by atoms with Gasteiger partial charge in [-0.3, -0.25) is 9.59 Å². The molecule has 0 rings (SSSR count). The maximum Gasteiger partial charge on any atom is 0.325 e. The van der Waals surface area contributed by atoms with Crippen LogP contribution in [0.25, 0.3) is 0 Å². The highest BCUT2D eigenvalue weighted by Crippen LogP contribution is 2.15. The molecule has 6 heteroatoms. The minimum atomic E-state index is -0.679. The predicted octanol–water partition coefficient (Wildman–Crippen LogP) is 1.78. The van der Waals surface area contributed by atoms with Crippen molar-refractivity contribution in [2.75, 3.05) is 6.61 Å². The van der Waals surface area contributed by atoms with Gasteiger partial charge in [0.15, 0.2) is 5.76 Å². The molecule has 0 bridgehead atoms. The van der Waals surface area contributed by atoms with Crippen LogP contribution in [0.2, 0.25) is 0 Å². The van der Waals surface area contributed by atoms with Gasteiger partial charge in [0.1, 0.15) is 0 Å². The number of carbonyl (C=O) groups excluding carboxylic acids is 2. The van der Waals surface area contributed by atoms with Gasteiger partial charge in [-0.1, -0.05) is 13.8 Å². The number of carbonyl (C=O) groups is 2. The first kappa shape index (κ1) is 16.4. The van der Waals surface area contributed by atoms with E-state index in [0.29, 0.717) is 12.8 Å². The molecule has 0 aliphatic rings. The summed E-state index contributed by atoms with van der Waals surface area (Å²) >= 11 is 0. The molecule has 104 valence electrons. The Morgan fingerprint density at radius 1 is 1.00 bits per heavy atom. The van der Waals surface area contributed by atoms with Crippen LogP contribution in [0.15, 0.2) is 11.7 Å². The summed E-state index contributed by atoms with van der Waals surface area (Å²) in [6.45, 7) is 3.20. The maximum absolute atomic E-state index is 11.2. The van der Waals surface area contributed by atoms with Crippen LogP contribution < -0.4 is 0 Å². The minimum absolute atomic E-state index is 0.00448. The van der Waals surface area contributed by atoms with Crippen molar-refractivity contribution in [1.82, 2.24) is 0 Å². The molecule has 0 radical (unpaired) electrons. The van der Waals surface area contributed by atoms with Gasteiger partial charge >= 0.3 is 17.9 Å². The van der Waals surface area contributed by atoms with Crippen molar-refractivity contribution in [1.29, 1.82) is 0 Å². The van der Waals surface area contributed by atoms with Gasteiger partial charge < -0.3 is 19.7 Å². The monoisotopic (exact) mass is 260 g/mol. The Bertz CT molecular complexity index is 308. The van der Waals surface area contributed by atoms with Gasteiger partial charge in [-0.05, 0) is 12.8 Å². The highest BCUT2D eigenvalue weighted by Gasteiger charge is 2.15. The normalized spacial score (nSPS) is 11.7. The van der Waals surface area contributed by atoms with E-state index < -0.39 is 17.9 Å². The average molecular weight is 260 g/mol. The lowest BCUT2D eigenvalue weighted by Crippen LogP contribution is -2.10. The molecule has 6 nitrogen and oxygen atoms in total. The zero-order chi connectivity index (χ0) is 14.0. The molecule has 0 saturated carbocycles. The fourth-order valence-corrected chi connectivity index (χ4v) is 1.05. The molecule has 0 aromatic carbocycles. The fourth-order valence-electron chi connectivity index (χ4n) is 1.05. The van der Waals surface area contributed by atoms with Crippen molar-refractivity contribution >= 4 is 11.9 Å². The van der Waals surface area contributed by atoms with Crippen LogP contribution in [0.5, 0.6) is 0 Å². The summed E-state index contributed by atoms with van der Waals surface area (Å²) in [6.07, 6.45) is 1.49. The minimum Gasteiger partial charge on any atom is -0.478 e. The van der Waals surface area contributed by atoms with Crippen molar-refractivity contribution in [3.63, 3.8) is 0 Å². The van der Waals surface area contributed by atoms with Crippen LogP contribution in [0.1, 0.15) is 46.0 Å². The third kappa shape index (κ3) is 6.90. The van der Waals surface area contributed by atoms with E-state index in [9.17, 15) is 14.7 Å². The first-order chi connectivity index (χ1) is 8.54. The van der Waals surface area contributed by atoms with Gasteiger partial charge in [0, 0.05) is 25.9 Å². The average Bonchev–Trinajstić information content (AvgIpc) is 2.37. The zero-order valence-corrected chi connectivity index (χ0v) is 10.8. The van der Waals surface area contributed by atoms with Gasteiger partial charge in [0.25, 0.3) is 0 Å². The van der Waals surface area contributed by atoms with Crippen LogP contribution in [0, 0.1) is 0 Å². The molecule has 0 aliphatic heterocycles. The molecular weight excluding hydrogens is 240 g/mol. The molecule has 2 N–H and O–H groups in total. The summed E-state index contributed by atoms with van der Waals surface area (Å²) in [4.78, 5) is 22.2. The van der Waals surface area contributed by atoms with Gasteiger partial charge in [-0.25, -0.2) is 0 Å². The highest BCUT2D eigenvalue weighted by molar-refractivity contribution is 5.71. The van der Waals surface area contributed by atoms with E-state index in [4.69, 9.17) is 9.84 Å². The number of aliphatic hydroxyl groups is 2. The Kier molecular flexibility index (Phi) is 8.65. The van der Waals surface area contributed by atoms with Crippen LogP contribution >= 0.6 is 0 Å². The second kappa shape index (κ2) is 9.47. The van der Waals surface area contributed by atoms with E-state index in [0.717, 1.165) is 0 Å². The maximum atomic E-state index is 11.2. The lowest BCUT2D eigenvalue weighted by molar-refractivity contribution is -0.147. The van der Waals surface area contributed by atoms with E-state index in [2.05, 4.69) is 4.74 Å². The van der Waals surface area contributed by atoms with E-state index in [-0.39, 0.29) is 31.6 Å². The van der Waals surface area contributed by atoms with E-state index in [1.165, 1.54) is 0 Å². The molecule has 0 aromatic heterocycles. The number of rotatable bonds is 8. The molecular formula is C12H20O6. The Morgan fingerprint density at radius 3 is 2.06 bits per heavy atom. The molecule has 18 heavy (non-hydrogen) atoms. The van der Waals surface area contributed by atoms with Crippen molar-refractivity contribution in [3.8, 4) is 0 Å². The SMILES string of the molecule is CCC(=O)O/C(O)=C(/CCCCO)OC(=O)CC. The summed E-state index contributed by atoms with van der Waals surface area (Å²) in [5.41, 5.74) is 0. The lowest BCUT2D eigenvalue weighted by atomic mass is 10.2. The van der Waals surface area contributed by atoms with E-state index >= 15 is 0 Å². The smallest absolute Gasteiger partial charge is 0.325 e. The highest BCUT2D eigenvalue weighted by atomic mass is 16.6.